The number of hydrogen-bond acceptors (Lipinski definition) is 7. The van der Waals surface area contributed by atoms with Crippen LogP contribution in [0.3, 0.4) is 0 Å². The average molecular weight is 563 g/mol. The molecule has 0 N–H and O–H groups in total. The first-order valence-electron chi connectivity index (χ1n) is 11.8. The molecular formula is C30H26O7S2. The van der Waals surface area contributed by atoms with Crippen LogP contribution in [0.2, 0.25) is 0 Å². The number of ether oxygens (including phenoxy) is 2. The lowest BCUT2D eigenvalue weighted by Crippen LogP contribution is -2.35. The van der Waals surface area contributed by atoms with E-state index in [4.69, 9.17) is 9.47 Å². The predicted octanol–water partition coefficient (Wildman–Crippen LogP) is 5.24. The second-order valence-corrected chi connectivity index (χ2v) is 12.8. The third-order valence-electron chi connectivity index (χ3n) is 6.01. The Morgan fingerprint density at radius 3 is 1.44 bits per heavy atom. The average Bonchev–Trinajstić information content (AvgIpc) is 2.97. The number of Topliss-reactive ketones (excluding diaryl/α,β-unsaturated/α-hetero) is 1. The van der Waals surface area contributed by atoms with Gasteiger partial charge in [-0.1, -0.05) is 48.5 Å². The zero-order chi connectivity index (χ0) is 28.0. The van der Waals surface area contributed by atoms with Crippen LogP contribution in [0.15, 0.2) is 125 Å². The predicted molar refractivity (Wildman–Crippen MR) is 149 cm³/mol. The molecule has 7 nitrogen and oxygen atoms in total. The number of rotatable bonds is 10. The fourth-order valence-electron chi connectivity index (χ4n) is 4.00. The van der Waals surface area contributed by atoms with Gasteiger partial charge in [0.1, 0.15) is 11.5 Å². The van der Waals surface area contributed by atoms with Gasteiger partial charge >= 0.3 is 0 Å². The molecule has 0 unspecified atom stereocenters. The summed E-state index contributed by atoms with van der Waals surface area (Å²) >= 11 is 0. The Morgan fingerprint density at radius 1 is 0.615 bits per heavy atom. The van der Waals surface area contributed by atoms with Crippen molar-refractivity contribution in [2.24, 2.45) is 0 Å². The van der Waals surface area contributed by atoms with Crippen molar-refractivity contribution >= 4 is 31.5 Å². The topological polar surface area (TPSA) is 104 Å². The number of methoxy groups -OCH3 is 2. The van der Waals surface area contributed by atoms with E-state index >= 15 is 0 Å². The van der Waals surface area contributed by atoms with Crippen LogP contribution in [0.1, 0.15) is 15.9 Å². The van der Waals surface area contributed by atoms with Gasteiger partial charge in [-0.25, -0.2) is 16.8 Å². The van der Waals surface area contributed by atoms with Gasteiger partial charge in [0.2, 0.25) is 4.58 Å². The van der Waals surface area contributed by atoms with Crippen molar-refractivity contribution in [3.8, 4) is 11.5 Å². The third kappa shape index (κ3) is 5.94. The van der Waals surface area contributed by atoms with Gasteiger partial charge < -0.3 is 9.47 Å². The molecule has 200 valence electrons. The molecule has 9 heteroatoms. The highest BCUT2D eigenvalue weighted by atomic mass is 32.3. The van der Waals surface area contributed by atoms with Crippen molar-refractivity contribution in [1.82, 2.24) is 0 Å². The molecule has 4 rings (SSSR count). The van der Waals surface area contributed by atoms with Gasteiger partial charge in [0.05, 0.1) is 24.0 Å². The zero-order valence-electron chi connectivity index (χ0n) is 21.2. The lowest BCUT2D eigenvalue weighted by Gasteiger charge is -2.21. The van der Waals surface area contributed by atoms with Crippen LogP contribution in [0.25, 0.3) is 6.08 Å². The maximum atomic E-state index is 14.1. The molecule has 0 aliphatic carbocycles. The number of benzene rings is 4. The molecule has 0 radical (unpaired) electrons. The number of carbonyl (C=O) groups excluding carboxylic acids is 1. The maximum absolute atomic E-state index is 14.1. The molecule has 0 bridgehead atoms. The molecule has 4 aromatic rings. The van der Waals surface area contributed by atoms with Crippen LogP contribution in [-0.4, -0.2) is 41.4 Å². The van der Waals surface area contributed by atoms with E-state index in [0.29, 0.717) is 17.1 Å². The van der Waals surface area contributed by atoms with Crippen LogP contribution < -0.4 is 9.47 Å². The molecule has 4 aromatic carbocycles. The molecule has 0 saturated carbocycles. The summed E-state index contributed by atoms with van der Waals surface area (Å²) in [6, 6.07) is 27.0. The number of ketones is 1. The zero-order valence-corrected chi connectivity index (χ0v) is 22.9. The molecule has 0 aliphatic rings. The minimum atomic E-state index is -4.63. The fourth-order valence-corrected chi connectivity index (χ4v) is 8.58. The molecule has 0 aromatic heterocycles. The summed E-state index contributed by atoms with van der Waals surface area (Å²) in [4.78, 5) is 13.6. The highest BCUT2D eigenvalue weighted by Crippen LogP contribution is 2.34. The molecule has 39 heavy (non-hydrogen) atoms. The highest BCUT2D eigenvalue weighted by molar-refractivity contribution is 8.09. The van der Waals surface area contributed by atoms with Crippen LogP contribution in [0, 0.1) is 0 Å². The minimum absolute atomic E-state index is 0.104. The van der Waals surface area contributed by atoms with E-state index in [1.807, 2.05) is 0 Å². The summed E-state index contributed by atoms with van der Waals surface area (Å²) < 4.78 is 64.6. The Hall–Kier alpha value is -4.21. The summed E-state index contributed by atoms with van der Waals surface area (Å²) in [7, 11) is -6.29. The van der Waals surface area contributed by atoms with E-state index in [1.165, 1.54) is 81.0 Å². The van der Waals surface area contributed by atoms with E-state index in [-0.39, 0.29) is 15.4 Å². The van der Waals surface area contributed by atoms with Crippen molar-refractivity contribution in [3.63, 3.8) is 0 Å². The molecule has 0 spiro atoms. The lowest BCUT2D eigenvalue weighted by atomic mass is 10.0. The SMILES string of the molecule is COc1ccc(/C=C(/C(=O)c2ccc(OC)cc2)C(S(=O)(=O)c2ccccc2)S(=O)(=O)c2ccccc2)cc1. The largest absolute Gasteiger partial charge is 0.497 e. The van der Waals surface area contributed by atoms with Gasteiger partial charge in [0, 0.05) is 11.1 Å². The van der Waals surface area contributed by atoms with E-state index in [1.54, 1.807) is 48.5 Å². The summed E-state index contributed by atoms with van der Waals surface area (Å²) in [6.45, 7) is 0. The number of sulfone groups is 2. The van der Waals surface area contributed by atoms with E-state index < -0.39 is 35.6 Å². The van der Waals surface area contributed by atoms with Gasteiger partial charge in [-0.05, 0) is 72.3 Å². The summed E-state index contributed by atoms with van der Waals surface area (Å²) in [6.07, 6.45) is 1.30. The van der Waals surface area contributed by atoms with Crippen molar-refractivity contribution < 1.29 is 31.1 Å². The molecule has 0 aliphatic heterocycles. The van der Waals surface area contributed by atoms with Crippen LogP contribution in [0.4, 0.5) is 0 Å². The molecule has 0 heterocycles. The molecule has 0 amide bonds. The van der Waals surface area contributed by atoms with Crippen molar-refractivity contribution in [3.05, 3.63) is 126 Å². The molecule has 0 atom stereocenters. The standard InChI is InChI=1S/C30H26O7S2/c1-36-24-17-13-22(14-18-24)21-28(29(31)23-15-19-25(37-2)20-16-23)30(38(32,33)26-9-5-3-6-10-26)39(34,35)27-11-7-4-8-12-27/h3-21,30H,1-2H3/b28-21-. The van der Waals surface area contributed by atoms with Crippen LogP contribution in [0.5, 0.6) is 11.5 Å². The van der Waals surface area contributed by atoms with Crippen LogP contribution >= 0.6 is 0 Å². The molecule has 0 saturated heterocycles. The fraction of sp³-hybridized carbons (Fsp3) is 0.100. The Kier molecular flexibility index (Phi) is 8.32. The van der Waals surface area contributed by atoms with Crippen LogP contribution in [-0.2, 0) is 19.7 Å². The Bertz CT molecular complexity index is 1610. The summed E-state index contributed by atoms with van der Waals surface area (Å²) in [5, 5.41) is 0. The maximum Gasteiger partial charge on any atom is 0.200 e. The Balaban J connectivity index is 2.02. The second kappa shape index (κ2) is 11.7. The summed E-state index contributed by atoms with van der Waals surface area (Å²) in [5.41, 5.74) is 0.106. The second-order valence-electron chi connectivity index (χ2n) is 8.48. The third-order valence-corrected chi connectivity index (χ3v) is 11.0. The van der Waals surface area contributed by atoms with Gasteiger partial charge in [-0.2, -0.15) is 0 Å². The van der Waals surface area contributed by atoms with Crippen molar-refractivity contribution in [1.29, 1.82) is 0 Å². The lowest BCUT2D eigenvalue weighted by molar-refractivity contribution is 0.103. The first-order valence-corrected chi connectivity index (χ1v) is 14.9. The van der Waals surface area contributed by atoms with Gasteiger partial charge in [0.15, 0.2) is 25.5 Å². The smallest absolute Gasteiger partial charge is 0.200 e. The van der Waals surface area contributed by atoms with Crippen molar-refractivity contribution in [2.75, 3.05) is 14.2 Å². The van der Waals surface area contributed by atoms with Gasteiger partial charge in [0.25, 0.3) is 0 Å². The quantitative estimate of drug-likeness (QED) is 0.192. The first-order chi connectivity index (χ1) is 18.7. The monoisotopic (exact) mass is 562 g/mol. The van der Waals surface area contributed by atoms with E-state index in [2.05, 4.69) is 0 Å². The first kappa shape index (κ1) is 27.8. The normalized spacial score (nSPS) is 12.2. The Morgan fingerprint density at radius 2 is 1.03 bits per heavy atom. The van der Waals surface area contributed by atoms with E-state index in [9.17, 15) is 21.6 Å². The minimum Gasteiger partial charge on any atom is -0.497 e. The summed E-state index contributed by atoms with van der Waals surface area (Å²) in [5.74, 6) is 0.274. The Labute approximate surface area is 228 Å². The van der Waals surface area contributed by atoms with Gasteiger partial charge in [-0.3, -0.25) is 4.79 Å². The molecular weight excluding hydrogens is 536 g/mol. The van der Waals surface area contributed by atoms with Crippen molar-refractivity contribution in [2.45, 2.75) is 14.4 Å². The number of carbonyl (C=O) groups is 1. The highest BCUT2D eigenvalue weighted by Gasteiger charge is 2.45. The molecule has 0 fully saturated rings. The van der Waals surface area contributed by atoms with Gasteiger partial charge in [-0.15, -0.1) is 0 Å². The number of hydrogen-bond donors (Lipinski definition) is 0. The van der Waals surface area contributed by atoms with E-state index in [0.717, 1.165) is 0 Å².